The molecule has 2 heterocycles. The topological polar surface area (TPSA) is 95.6 Å². The van der Waals surface area contributed by atoms with Crippen LogP contribution in [-0.4, -0.2) is 24.2 Å². The van der Waals surface area contributed by atoms with E-state index in [1.54, 1.807) is 36.4 Å². The summed E-state index contributed by atoms with van der Waals surface area (Å²) in [6.45, 7) is 0.00864. The van der Waals surface area contributed by atoms with Crippen LogP contribution in [0.25, 0.3) is 0 Å². The number of benzene rings is 2. The third-order valence-electron chi connectivity index (χ3n) is 5.62. The van der Waals surface area contributed by atoms with Crippen LogP contribution in [0, 0.1) is 11.3 Å². The van der Waals surface area contributed by atoms with Gasteiger partial charge in [-0.1, -0.05) is 23.4 Å². The highest BCUT2D eigenvalue weighted by molar-refractivity contribution is 8.05. The molecule has 12 heteroatoms. The standard InChI is InChI=1S/C26H19ClF3N3O4S/c1-36-18-7-5-17(6-8-18)33-24(35)22(12-15-11-16(26(28,29)30)4-9-21(15)27)38-25(33)20(13-31)23(34)32-14-19-3-2-10-37-19/h2-11,22H,12,14H2,1H3,(H,32,34)/b25-20-. The quantitative estimate of drug-likeness (QED) is 0.293. The number of nitriles is 1. The van der Waals surface area contributed by atoms with Gasteiger partial charge < -0.3 is 14.5 Å². The van der Waals surface area contributed by atoms with Gasteiger partial charge in [-0.25, -0.2) is 0 Å². The smallest absolute Gasteiger partial charge is 0.416 e. The molecule has 1 fully saturated rings. The highest BCUT2D eigenvalue weighted by atomic mass is 35.5. The summed E-state index contributed by atoms with van der Waals surface area (Å²) < 4.78 is 50.2. The van der Waals surface area contributed by atoms with E-state index in [-0.39, 0.29) is 34.2 Å². The molecule has 4 rings (SSSR count). The highest BCUT2D eigenvalue weighted by Crippen LogP contribution is 2.43. The summed E-state index contributed by atoms with van der Waals surface area (Å²) in [4.78, 5) is 27.7. The van der Waals surface area contributed by atoms with Gasteiger partial charge in [-0.2, -0.15) is 18.4 Å². The fourth-order valence-corrected chi connectivity index (χ4v) is 5.22. The molecule has 0 bridgehead atoms. The minimum atomic E-state index is -4.59. The second-order valence-electron chi connectivity index (χ2n) is 8.04. The fourth-order valence-electron chi connectivity index (χ4n) is 3.73. The van der Waals surface area contributed by atoms with Gasteiger partial charge in [-0.05, 0) is 66.6 Å². The number of furan rings is 1. The van der Waals surface area contributed by atoms with Crippen molar-refractivity contribution < 1.29 is 31.9 Å². The average Bonchev–Trinajstić information content (AvgIpc) is 3.52. The molecule has 196 valence electrons. The maximum atomic E-state index is 13.6. The minimum absolute atomic E-state index is 0.00864. The Morgan fingerprint density at radius 2 is 1.97 bits per heavy atom. The summed E-state index contributed by atoms with van der Waals surface area (Å²) in [5.74, 6) is -0.284. The minimum Gasteiger partial charge on any atom is -0.497 e. The Morgan fingerprint density at radius 3 is 2.58 bits per heavy atom. The molecule has 0 aliphatic carbocycles. The first-order valence-corrected chi connectivity index (χ1v) is 12.3. The zero-order valence-corrected chi connectivity index (χ0v) is 21.3. The first-order chi connectivity index (χ1) is 18.1. The molecular formula is C26H19ClF3N3O4S. The van der Waals surface area contributed by atoms with E-state index in [1.165, 1.54) is 18.3 Å². The van der Waals surface area contributed by atoms with Crippen LogP contribution in [0.3, 0.4) is 0 Å². The van der Waals surface area contributed by atoms with Crippen LogP contribution < -0.4 is 15.0 Å². The van der Waals surface area contributed by atoms with Crippen LogP contribution >= 0.6 is 23.4 Å². The Hall–Kier alpha value is -3.88. The first-order valence-electron chi connectivity index (χ1n) is 11.1. The lowest BCUT2D eigenvalue weighted by molar-refractivity contribution is -0.137. The van der Waals surface area contributed by atoms with Gasteiger partial charge in [0.25, 0.3) is 5.91 Å². The number of hydrogen-bond donors (Lipinski definition) is 1. The summed E-state index contributed by atoms with van der Waals surface area (Å²) in [6.07, 6.45) is -3.31. The maximum absolute atomic E-state index is 13.6. The van der Waals surface area contributed by atoms with Crippen LogP contribution in [0.5, 0.6) is 5.75 Å². The largest absolute Gasteiger partial charge is 0.497 e. The molecule has 1 aromatic heterocycles. The summed E-state index contributed by atoms with van der Waals surface area (Å²) in [7, 11) is 1.48. The Balaban J connectivity index is 1.71. The molecular weight excluding hydrogens is 543 g/mol. The molecule has 2 aromatic carbocycles. The Bertz CT molecular complexity index is 1420. The number of amides is 2. The van der Waals surface area contributed by atoms with E-state index in [1.807, 2.05) is 6.07 Å². The number of methoxy groups -OCH3 is 1. The monoisotopic (exact) mass is 561 g/mol. The van der Waals surface area contributed by atoms with Crippen molar-refractivity contribution in [2.75, 3.05) is 12.0 Å². The highest BCUT2D eigenvalue weighted by Gasteiger charge is 2.41. The van der Waals surface area contributed by atoms with Crippen molar-refractivity contribution in [1.82, 2.24) is 5.32 Å². The van der Waals surface area contributed by atoms with Crippen molar-refractivity contribution in [2.45, 2.75) is 24.4 Å². The van der Waals surface area contributed by atoms with E-state index in [0.29, 0.717) is 17.2 Å². The van der Waals surface area contributed by atoms with Crippen molar-refractivity contribution >= 4 is 40.9 Å². The number of carbonyl (C=O) groups excluding carboxylic acids is 2. The first kappa shape index (κ1) is 27.2. The Labute approximate surface area is 224 Å². The van der Waals surface area contributed by atoms with Crippen molar-refractivity contribution in [3.63, 3.8) is 0 Å². The van der Waals surface area contributed by atoms with Crippen LogP contribution in [0.1, 0.15) is 16.9 Å². The van der Waals surface area contributed by atoms with Crippen LogP contribution in [0.4, 0.5) is 18.9 Å². The summed E-state index contributed by atoms with van der Waals surface area (Å²) in [5.41, 5.74) is -0.764. The maximum Gasteiger partial charge on any atom is 0.416 e. The van der Waals surface area contributed by atoms with Gasteiger partial charge in [0.1, 0.15) is 28.2 Å². The van der Waals surface area contributed by atoms with Gasteiger partial charge in [-0.15, -0.1) is 0 Å². The normalized spacial score (nSPS) is 16.8. The van der Waals surface area contributed by atoms with E-state index in [0.717, 1.165) is 30.0 Å². The van der Waals surface area contributed by atoms with Gasteiger partial charge >= 0.3 is 6.18 Å². The molecule has 2 amide bonds. The van der Waals surface area contributed by atoms with Crippen LogP contribution in [0.2, 0.25) is 5.02 Å². The number of halogens is 4. The lowest BCUT2D eigenvalue weighted by atomic mass is 10.0. The molecule has 0 radical (unpaired) electrons. The second kappa shape index (κ2) is 11.2. The predicted molar refractivity (Wildman–Crippen MR) is 135 cm³/mol. The number of alkyl halides is 3. The third kappa shape index (κ3) is 5.82. The number of thioether (sulfide) groups is 1. The molecule has 38 heavy (non-hydrogen) atoms. The number of rotatable bonds is 7. The number of hydrogen-bond acceptors (Lipinski definition) is 6. The van der Waals surface area contributed by atoms with E-state index in [9.17, 15) is 28.0 Å². The van der Waals surface area contributed by atoms with E-state index >= 15 is 0 Å². The molecule has 1 aliphatic heterocycles. The van der Waals surface area contributed by atoms with Gasteiger partial charge in [0.2, 0.25) is 5.91 Å². The summed E-state index contributed by atoms with van der Waals surface area (Å²) in [6, 6.07) is 14.4. The summed E-state index contributed by atoms with van der Waals surface area (Å²) in [5, 5.41) is 11.6. The third-order valence-corrected chi connectivity index (χ3v) is 7.25. The molecule has 0 saturated carbocycles. The second-order valence-corrected chi connectivity index (χ2v) is 9.64. The Kier molecular flexibility index (Phi) is 8.04. The average molecular weight is 562 g/mol. The Morgan fingerprint density at radius 1 is 1.24 bits per heavy atom. The predicted octanol–water partition coefficient (Wildman–Crippen LogP) is 5.70. The van der Waals surface area contributed by atoms with Crippen molar-refractivity contribution in [3.8, 4) is 11.8 Å². The van der Waals surface area contributed by atoms with Crippen molar-refractivity contribution in [2.24, 2.45) is 0 Å². The number of ether oxygens (including phenoxy) is 1. The van der Waals surface area contributed by atoms with Crippen LogP contribution in [0.15, 0.2) is 75.9 Å². The molecule has 1 atom stereocenters. The number of carbonyl (C=O) groups is 2. The van der Waals surface area contributed by atoms with Gasteiger partial charge in [0.05, 0.1) is 30.7 Å². The SMILES string of the molecule is COc1ccc(N2C(=O)C(Cc3cc(C(F)(F)F)ccc3Cl)S/C2=C(/C#N)C(=O)NCc2ccco2)cc1. The van der Waals surface area contributed by atoms with E-state index in [4.69, 9.17) is 20.8 Å². The zero-order valence-electron chi connectivity index (χ0n) is 19.7. The number of nitrogens with one attached hydrogen (secondary N) is 1. The van der Waals surface area contributed by atoms with E-state index < -0.39 is 28.8 Å². The fraction of sp³-hybridized carbons (Fsp3) is 0.192. The lowest BCUT2D eigenvalue weighted by Crippen LogP contribution is -2.32. The molecule has 3 aromatic rings. The van der Waals surface area contributed by atoms with Crippen molar-refractivity contribution in [3.05, 3.63) is 93.4 Å². The number of anilines is 1. The van der Waals surface area contributed by atoms with Crippen LogP contribution in [-0.2, 0) is 28.7 Å². The van der Waals surface area contributed by atoms with Crippen molar-refractivity contribution in [1.29, 1.82) is 5.26 Å². The molecule has 7 nitrogen and oxygen atoms in total. The summed E-state index contributed by atoms with van der Waals surface area (Å²) >= 11 is 7.08. The van der Waals surface area contributed by atoms with Gasteiger partial charge in [0.15, 0.2) is 0 Å². The molecule has 1 unspecified atom stereocenters. The molecule has 0 spiro atoms. The van der Waals surface area contributed by atoms with E-state index in [2.05, 4.69) is 5.32 Å². The van der Waals surface area contributed by atoms with Gasteiger partial charge in [-0.3, -0.25) is 14.5 Å². The molecule has 1 saturated heterocycles. The lowest BCUT2D eigenvalue weighted by Gasteiger charge is -2.19. The number of nitrogens with zero attached hydrogens (tertiary/aromatic N) is 2. The van der Waals surface area contributed by atoms with Gasteiger partial charge in [0, 0.05) is 10.7 Å². The molecule has 1 aliphatic rings. The zero-order chi connectivity index (χ0) is 27.4. The molecule has 1 N–H and O–H groups in total.